The largest absolute Gasteiger partial charge is 0.493 e. The molecule has 3 aromatic rings. The molecule has 0 aliphatic carbocycles. The van der Waals surface area contributed by atoms with Gasteiger partial charge in [0.15, 0.2) is 17.3 Å². The third-order valence-corrected chi connectivity index (χ3v) is 3.92. The molecule has 0 atom stereocenters. The van der Waals surface area contributed by atoms with E-state index < -0.39 is 4.92 Å². The highest BCUT2D eigenvalue weighted by atomic mass is 16.6. The van der Waals surface area contributed by atoms with Crippen LogP contribution in [0.15, 0.2) is 41.8 Å². The molecule has 144 valence electrons. The van der Waals surface area contributed by atoms with E-state index >= 15 is 0 Å². The molecule has 2 aromatic carbocycles. The van der Waals surface area contributed by atoms with Gasteiger partial charge in [0.05, 0.1) is 43.4 Å². The fourth-order valence-electron chi connectivity index (χ4n) is 2.62. The first-order valence-corrected chi connectivity index (χ1v) is 8.06. The maximum atomic E-state index is 10.7. The second kappa shape index (κ2) is 8.16. The van der Waals surface area contributed by atoms with Crippen LogP contribution in [0.5, 0.6) is 17.2 Å². The normalized spacial score (nSPS) is 10.8. The van der Waals surface area contributed by atoms with Gasteiger partial charge >= 0.3 is 0 Å². The number of nitro groups is 1. The van der Waals surface area contributed by atoms with Crippen LogP contribution in [0, 0.1) is 10.1 Å². The van der Waals surface area contributed by atoms with Crippen molar-refractivity contribution >= 4 is 28.6 Å². The van der Waals surface area contributed by atoms with Gasteiger partial charge in [0, 0.05) is 18.2 Å². The fourth-order valence-corrected chi connectivity index (χ4v) is 2.62. The van der Waals surface area contributed by atoms with Crippen LogP contribution in [0.2, 0.25) is 0 Å². The second-order valence-electron chi connectivity index (χ2n) is 5.48. The van der Waals surface area contributed by atoms with Gasteiger partial charge in [-0.2, -0.15) is 5.10 Å². The monoisotopic (exact) mass is 383 g/mol. The van der Waals surface area contributed by atoms with E-state index in [2.05, 4.69) is 20.5 Å². The first-order chi connectivity index (χ1) is 13.6. The van der Waals surface area contributed by atoms with Crippen molar-refractivity contribution in [3.8, 4) is 17.2 Å². The Morgan fingerprint density at radius 1 is 1.07 bits per heavy atom. The van der Waals surface area contributed by atoms with Crippen LogP contribution in [-0.4, -0.2) is 42.4 Å². The number of nitrogens with zero attached hydrogens (tertiary/aromatic N) is 4. The Bertz CT molecular complexity index is 1040. The number of fused-ring (bicyclic) bond motifs is 1. The summed E-state index contributed by atoms with van der Waals surface area (Å²) in [6.45, 7) is 0. The van der Waals surface area contributed by atoms with Gasteiger partial charge in [0.25, 0.3) is 5.69 Å². The Hall–Kier alpha value is -3.95. The summed E-state index contributed by atoms with van der Waals surface area (Å²) in [5, 5.41) is 15.4. The number of nitro benzene ring substituents is 1. The molecular weight excluding hydrogens is 366 g/mol. The molecule has 0 bridgehead atoms. The molecule has 0 radical (unpaired) electrons. The molecule has 0 saturated carbocycles. The van der Waals surface area contributed by atoms with E-state index in [9.17, 15) is 10.1 Å². The minimum Gasteiger partial charge on any atom is -0.493 e. The molecule has 0 fully saturated rings. The van der Waals surface area contributed by atoms with Gasteiger partial charge in [-0.05, 0) is 17.7 Å². The maximum absolute atomic E-state index is 10.7. The number of hydrogen-bond donors (Lipinski definition) is 1. The summed E-state index contributed by atoms with van der Waals surface area (Å²) in [5.74, 6) is 1.70. The van der Waals surface area contributed by atoms with Crippen LogP contribution in [-0.2, 0) is 0 Å². The number of aromatic nitrogens is 2. The molecule has 1 aromatic heterocycles. The van der Waals surface area contributed by atoms with Crippen molar-refractivity contribution in [2.45, 2.75) is 0 Å². The third-order valence-electron chi connectivity index (χ3n) is 3.92. The second-order valence-corrected chi connectivity index (χ2v) is 5.48. The Labute approximate surface area is 159 Å². The van der Waals surface area contributed by atoms with E-state index in [-0.39, 0.29) is 5.69 Å². The lowest BCUT2D eigenvalue weighted by Gasteiger charge is -2.15. The van der Waals surface area contributed by atoms with Crippen molar-refractivity contribution in [2.24, 2.45) is 5.10 Å². The molecule has 0 saturated heterocycles. The summed E-state index contributed by atoms with van der Waals surface area (Å²) in [7, 11) is 4.54. The minimum atomic E-state index is -0.458. The average Bonchev–Trinajstić information content (AvgIpc) is 2.72. The van der Waals surface area contributed by atoms with Gasteiger partial charge < -0.3 is 14.2 Å². The maximum Gasteiger partial charge on any atom is 0.269 e. The molecule has 10 nitrogen and oxygen atoms in total. The summed E-state index contributed by atoms with van der Waals surface area (Å²) < 4.78 is 16.2. The highest BCUT2D eigenvalue weighted by Crippen LogP contribution is 2.44. The number of hydrogen-bond acceptors (Lipinski definition) is 9. The van der Waals surface area contributed by atoms with Crippen molar-refractivity contribution < 1.29 is 19.1 Å². The zero-order chi connectivity index (χ0) is 20.1. The highest BCUT2D eigenvalue weighted by molar-refractivity contribution is 5.98. The molecular formula is C18H17N5O5. The Morgan fingerprint density at radius 3 is 2.39 bits per heavy atom. The van der Waals surface area contributed by atoms with Gasteiger partial charge in [0.2, 0.25) is 5.75 Å². The van der Waals surface area contributed by atoms with Crippen molar-refractivity contribution in [3.05, 3.63) is 52.3 Å². The van der Waals surface area contributed by atoms with Gasteiger partial charge in [-0.1, -0.05) is 0 Å². The number of hydrazone groups is 1. The fraction of sp³-hybridized carbons (Fsp3) is 0.167. The molecule has 1 heterocycles. The van der Waals surface area contributed by atoms with E-state index in [1.54, 1.807) is 18.2 Å². The van der Waals surface area contributed by atoms with Gasteiger partial charge in [-0.25, -0.2) is 9.97 Å². The molecule has 28 heavy (non-hydrogen) atoms. The summed E-state index contributed by atoms with van der Waals surface area (Å²) in [6.07, 6.45) is 2.91. The number of ether oxygens (including phenoxy) is 3. The highest BCUT2D eigenvalue weighted by Gasteiger charge is 2.19. The smallest absolute Gasteiger partial charge is 0.269 e. The summed E-state index contributed by atoms with van der Waals surface area (Å²) in [6, 6.07) is 7.71. The Balaban J connectivity index is 1.95. The minimum absolute atomic E-state index is 0.0117. The third kappa shape index (κ3) is 3.61. The molecule has 0 aliphatic rings. The molecule has 10 heteroatoms. The molecule has 0 amide bonds. The van der Waals surface area contributed by atoms with E-state index in [0.29, 0.717) is 39.5 Å². The average molecular weight is 383 g/mol. The Kier molecular flexibility index (Phi) is 5.49. The lowest BCUT2D eigenvalue weighted by Crippen LogP contribution is -2.01. The van der Waals surface area contributed by atoms with Crippen molar-refractivity contribution in [3.63, 3.8) is 0 Å². The number of rotatable bonds is 7. The molecule has 0 aliphatic heterocycles. The predicted molar refractivity (Wildman–Crippen MR) is 104 cm³/mol. The topological polar surface area (TPSA) is 121 Å². The van der Waals surface area contributed by atoms with E-state index in [0.717, 1.165) is 0 Å². The van der Waals surface area contributed by atoms with E-state index in [1.807, 2.05) is 0 Å². The van der Waals surface area contributed by atoms with Crippen LogP contribution in [0.4, 0.5) is 11.5 Å². The quantitative estimate of drug-likeness (QED) is 0.375. The lowest BCUT2D eigenvalue weighted by atomic mass is 10.2. The van der Waals surface area contributed by atoms with Crippen LogP contribution in [0.25, 0.3) is 10.9 Å². The first-order valence-electron chi connectivity index (χ1n) is 8.06. The summed E-state index contributed by atoms with van der Waals surface area (Å²) >= 11 is 0. The SMILES string of the molecule is COc1cc2ncnc(N/N=C/c3ccc([N+](=O)[O-])cc3)c2c(OC)c1OC. The van der Waals surface area contributed by atoms with Gasteiger partial charge in [-0.15, -0.1) is 0 Å². The van der Waals surface area contributed by atoms with Gasteiger partial charge in [0.1, 0.15) is 6.33 Å². The number of methoxy groups -OCH3 is 3. The zero-order valence-electron chi connectivity index (χ0n) is 15.4. The predicted octanol–water partition coefficient (Wildman–Crippen LogP) is 3.01. The molecule has 1 N–H and O–H groups in total. The van der Waals surface area contributed by atoms with Crippen molar-refractivity contribution in [1.82, 2.24) is 9.97 Å². The van der Waals surface area contributed by atoms with Crippen LogP contribution in [0.3, 0.4) is 0 Å². The van der Waals surface area contributed by atoms with Crippen LogP contribution < -0.4 is 19.6 Å². The number of non-ortho nitro benzene ring substituents is 1. The lowest BCUT2D eigenvalue weighted by molar-refractivity contribution is -0.384. The van der Waals surface area contributed by atoms with Crippen LogP contribution in [0.1, 0.15) is 5.56 Å². The standard InChI is InChI=1S/C18H17N5O5/c1-26-14-8-13-15(17(28-3)16(14)27-2)18(20-10-19-13)22-21-9-11-4-6-12(7-5-11)23(24)25/h4-10H,1-3H3,(H,19,20,22)/b21-9+. The summed E-state index contributed by atoms with van der Waals surface area (Å²) in [5.41, 5.74) is 4.12. The number of benzene rings is 2. The number of anilines is 1. The molecule has 3 rings (SSSR count). The van der Waals surface area contributed by atoms with Crippen molar-refractivity contribution in [2.75, 3.05) is 26.8 Å². The van der Waals surface area contributed by atoms with Crippen LogP contribution >= 0.6 is 0 Å². The first kappa shape index (κ1) is 18.8. The summed E-state index contributed by atoms with van der Waals surface area (Å²) in [4.78, 5) is 18.7. The van der Waals surface area contributed by atoms with E-state index in [1.165, 1.54) is 46.0 Å². The Morgan fingerprint density at radius 2 is 1.79 bits per heavy atom. The number of nitrogens with one attached hydrogen (secondary N) is 1. The van der Waals surface area contributed by atoms with Crippen molar-refractivity contribution in [1.29, 1.82) is 0 Å². The van der Waals surface area contributed by atoms with E-state index in [4.69, 9.17) is 14.2 Å². The molecule has 0 unspecified atom stereocenters. The van der Waals surface area contributed by atoms with Gasteiger partial charge in [-0.3, -0.25) is 15.5 Å². The molecule has 0 spiro atoms. The zero-order valence-corrected chi connectivity index (χ0v) is 15.4.